The number of aryl methyl sites for hydroxylation is 1. The van der Waals surface area contributed by atoms with Gasteiger partial charge in [0.1, 0.15) is 12.4 Å². The van der Waals surface area contributed by atoms with Crippen LogP contribution >= 0.6 is 0 Å². The van der Waals surface area contributed by atoms with Crippen molar-refractivity contribution in [1.82, 2.24) is 9.88 Å². The predicted molar refractivity (Wildman–Crippen MR) is 91.4 cm³/mol. The van der Waals surface area contributed by atoms with E-state index in [-0.39, 0.29) is 24.8 Å². The molecular formula is C19H17FN2O3. The van der Waals surface area contributed by atoms with Crippen LogP contribution in [-0.4, -0.2) is 10.5 Å². The van der Waals surface area contributed by atoms with Crippen molar-refractivity contribution in [3.05, 3.63) is 82.2 Å². The molecule has 3 rings (SSSR count). The fourth-order valence-corrected chi connectivity index (χ4v) is 2.39. The van der Waals surface area contributed by atoms with Crippen molar-refractivity contribution < 1.29 is 13.6 Å². The normalized spacial score (nSPS) is 10.6. The summed E-state index contributed by atoms with van der Waals surface area (Å²) in [4.78, 5) is 23.9. The molecule has 6 heteroatoms. The zero-order valence-corrected chi connectivity index (χ0v) is 13.7. The maximum absolute atomic E-state index is 13.1. The quantitative estimate of drug-likeness (QED) is 0.777. The Morgan fingerprint density at radius 3 is 2.68 bits per heavy atom. The first-order valence-corrected chi connectivity index (χ1v) is 7.80. The molecule has 2 aromatic carbocycles. The van der Waals surface area contributed by atoms with Crippen LogP contribution in [0.15, 0.2) is 63.9 Å². The summed E-state index contributed by atoms with van der Waals surface area (Å²) in [5.74, 6) is -0.914. The van der Waals surface area contributed by atoms with Crippen LogP contribution in [0.2, 0.25) is 0 Å². The number of hydrogen-bond acceptors (Lipinski definition) is 3. The van der Waals surface area contributed by atoms with E-state index in [1.165, 1.54) is 22.9 Å². The van der Waals surface area contributed by atoms with E-state index in [1.807, 2.05) is 31.2 Å². The molecular weight excluding hydrogens is 323 g/mol. The number of hydrogen-bond donors (Lipinski definition) is 1. The van der Waals surface area contributed by atoms with Gasteiger partial charge in [-0.2, -0.15) is 0 Å². The Morgan fingerprint density at radius 1 is 1.20 bits per heavy atom. The Kier molecular flexibility index (Phi) is 4.79. The molecule has 1 aromatic heterocycles. The lowest BCUT2D eigenvalue weighted by molar-refractivity contribution is -0.121. The van der Waals surface area contributed by atoms with Crippen LogP contribution in [0.1, 0.15) is 11.1 Å². The van der Waals surface area contributed by atoms with Crippen molar-refractivity contribution in [3.63, 3.8) is 0 Å². The summed E-state index contributed by atoms with van der Waals surface area (Å²) < 4.78 is 19.5. The van der Waals surface area contributed by atoms with Crippen molar-refractivity contribution in [1.29, 1.82) is 0 Å². The number of rotatable bonds is 5. The van der Waals surface area contributed by atoms with Crippen LogP contribution in [-0.2, 0) is 17.9 Å². The monoisotopic (exact) mass is 340 g/mol. The second-order valence-corrected chi connectivity index (χ2v) is 5.76. The van der Waals surface area contributed by atoms with Crippen molar-refractivity contribution in [2.45, 2.75) is 20.0 Å². The third kappa shape index (κ3) is 4.23. The number of halogens is 1. The molecule has 0 spiro atoms. The first-order chi connectivity index (χ1) is 12.0. The molecule has 0 saturated heterocycles. The van der Waals surface area contributed by atoms with E-state index in [4.69, 9.17) is 4.42 Å². The van der Waals surface area contributed by atoms with Crippen LogP contribution in [0.5, 0.6) is 0 Å². The van der Waals surface area contributed by atoms with Crippen LogP contribution in [0.25, 0.3) is 11.3 Å². The first-order valence-electron chi connectivity index (χ1n) is 7.80. The van der Waals surface area contributed by atoms with Gasteiger partial charge in [0.2, 0.25) is 5.91 Å². The van der Waals surface area contributed by atoms with Gasteiger partial charge in [0.25, 0.3) is 0 Å². The summed E-state index contributed by atoms with van der Waals surface area (Å²) in [6.07, 6.45) is 1.51. The van der Waals surface area contributed by atoms with Crippen molar-refractivity contribution in [2.24, 2.45) is 0 Å². The number of oxazole rings is 1. The fourth-order valence-electron chi connectivity index (χ4n) is 2.39. The number of carbonyl (C=O) groups excluding carboxylic acids is 1. The minimum atomic E-state index is -0.600. The Morgan fingerprint density at radius 2 is 1.96 bits per heavy atom. The summed E-state index contributed by atoms with van der Waals surface area (Å²) >= 11 is 0. The number of carbonyl (C=O) groups is 1. The molecule has 5 nitrogen and oxygen atoms in total. The fraction of sp³-hybridized carbons (Fsp3) is 0.158. The summed E-state index contributed by atoms with van der Waals surface area (Å²) in [6, 6.07) is 13.5. The topological polar surface area (TPSA) is 64.2 Å². The standard InChI is InChI=1S/C19H17FN2O3/c1-13-5-7-15(8-6-13)17-11-22(19(24)25-17)12-18(23)21-10-14-3-2-4-16(20)9-14/h2-9,11H,10,12H2,1H3,(H,21,23). The Bertz CT molecular complexity index is 942. The highest BCUT2D eigenvalue weighted by atomic mass is 19.1. The highest BCUT2D eigenvalue weighted by Crippen LogP contribution is 2.18. The lowest BCUT2D eigenvalue weighted by Crippen LogP contribution is -2.30. The lowest BCUT2D eigenvalue weighted by atomic mass is 10.1. The van der Waals surface area contributed by atoms with Crippen LogP contribution in [0, 0.1) is 12.7 Å². The average molecular weight is 340 g/mol. The van der Waals surface area contributed by atoms with E-state index < -0.39 is 5.76 Å². The number of nitrogens with one attached hydrogen (secondary N) is 1. The zero-order valence-electron chi connectivity index (χ0n) is 13.7. The average Bonchev–Trinajstić information content (AvgIpc) is 2.94. The van der Waals surface area contributed by atoms with Crippen LogP contribution in [0.3, 0.4) is 0 Å². The van der Waals surface area contributed by atoms with Crippen molar-refractivity contribution in [3.8, 4) is 11.3 Å². The second-order valence-electron chi connectivity index (χ2n) is 5.76. The van der Waals surface area contributed by atoms with Crippen LogP contribution in [0.4, 0.5) is 4.39 Å². The summed E-state index contributed by atoms with van der Waals surface area (Å²) in [7, 11) is 0. The van der Waals surface area contributed by atoms with Gasteiger partial charge in [-0.25, -0.2) is 9.18 Å². The van der Waals surface area contributed by atoms with Gasteiger partial charge in [0.15, 0.2) is 5.76 Å². The summed E-state index contributed by atoms with van der Waals surface area (Å²) in [6.45, 7) is 1.99. The van der Waals surface area contributed by atoms with Gasteiger partial charge in [0.05, 0.1) is 6.20 Å². The summed E-state index contributed by atoms with van der Waals surface area (Å²) in [5, 5.41) is 2.65. The van der Waals surface area contributed by atoms with Crippen molar-refractivity contribution in [2.75, 3.05) is 0 Å². The number of benzene rings is 2. The molecule has 0 saturated carbocycles. The molecule has 0 atom stereocenters. The highest BCUT2D eigenvalue weighted by Gasteiger charge is 2.11. The molecule has 0 fully saturated rings. The summed E-state index contributed by atoms with van der Waals surface area (Å²) in [5.41, 5.74) is 2.51. The maximum atomic E-state index is 13.1. The minimum Gasteiger partial charge on any atom is -0.408 e. The zero-order chi connectivity index (χ0) is 17.8. The Labute approximate surface area is 143 Å². The molecule has 0 aliphatic heterocycles. The number of aromatic nitrogens is 1. The third-order valence-electron chi connectivity index (χ3n) is 3.73. The van der Waals surface area contributed by atoms with Gasteiger partial charge in [-0.15, -0.1) is 0 Å². The molecule has 128 valence electrons. The molecule has 1 N–H and O–H groups in total. The number of nitrogens with zero attached hydrogens (tertiary/aromatic N) is 1. The Hall–Kier alpha value is -3.15. The molecule has 0 bridgehead atoms. The Balaban J connectivity index is 1.65. The maximum Gasteiger partial charge on any atom is 0.419 e. The van der Waals surface area contributed by atoms with E-state index in [0.29, 0.717) is 11.3 Å². The van der Waals surface area contributed by atoms with E-state index in [1.54, 1.807) is 12.1 Å². The van der Waals surface area contributed by atoms with E-state index in [9.17, 15) is 14.0 Å². The second kappa shape index (κ2) is 7.17. The molecule has 3 aromatic rings. The van der Waals surface area contributed by atoms with Crippen LogP contribution < -0.4 is 11.1 Å². The molecule has 0 aliphatic carbocycles. The van der Waals surface area contributed by atoms with Gasteiger partial charge in [-0.3, -0.25) is 9.36 Å². The van der Waals surface area contributed by atoms with E-state index >= 15 is 0 Å². The lowest BCUT2D eigenvalue weighted by Gasteiger charge is -2.05. The predicted octanol–water partition coefficient (Wildman–Crippen LogP) is 2.87. The van der Waals surface area contributed by atoms with Gasteiger partial charge < -0.3 is 9.73 Å². The van der Waals surface area contributed by atoms with Crippen molar-refractivity contribution >= 4 is 5.91 Å². The minimum absolute atomic E-state index is 0.163. The third-order valence-corrected chi connectivity index (χ3v) is 3.73. The van der Waals surface area contributed by atoms with Gasteiger partial charge in [-0.05, 0) is 24.6 Å². The number of amides is 1. The smallest absolute Gasteiger partial charge is 0.408 e. The van der Waals surface area contributed by atoms with Gasteiger partial charge >= 0.3 is 5.76 Å². The SMILES string of the molecule is Cc1ccc(-c2cn(CC(=O)NCc3cccc(F)c3)c(=O)o2)cc1. The molecule has 1 heterocycles. The molecule has 0 radical (unpaired) electrons. The first kappa shape index (κ1) is 16.7. The highest BCUT2D eigenvalue weighted by molar-refractivity contribution is 5.75. The molecule has 25 heavy (non-hydrogen) atoms. The molecule has 0 unspecified atom stereocenters. The molecule has 1 amide bonds. The van der Waals surface area contributed by atoms with E-state index in [2.05, 4.69) is 5.32 Å². The van der Waals surface area contributed by atoms with E-state index in [0.717, 1.165) is 11.1 Å². The van der Waals surface area contributed by atoms with Gasteiger partial charge in [-0.1, -0.05) is 42.0 Å². The van der Waals surface area contributed by atoms with Gasteiger partial charge in [0, 0.05) is 12.1 Å². The molecule has 0 aliphatic rings. The largest absolute Gasteiger partial charge is 0.419 e.